The number of rotatable bonds is 5. The van der Waals surface area contributed by atoms with Gasteiger partial charge in [0, 0.05) is 26.7 Å². The van der Waals surface area contributed by atoms with Crippen molar-refractivity contribution in [2.75, 3.05) is 26.7 Å². The molecule has 3 aliphatic rings. The molecule has 2 saturated carbocycles. The number of carbonyl (C=O) groups excluding carboxylic acids is 1. The van der Waals surface area contributed by atoms with Crippen molar-refractivity contribution in [3.8, 4) is 0 Å². The fourth-order valence-corrected chi connectivity index (χ4v) is 4.23. The summed E-state index contributed by atoms with van der Waals surface area (Å²) in [5.41, 5.74) is -1.02. The second-order valence-electron chi connectivity index (χ2n) is 7.38. The fourth-order valence-electron chi connectivity index (χ4n) is 4.23. The number of amides is 2. The summed E-state index contributed by atoms with van der Waals surface area (Å²) in [4.78, 5) is 25.8. The van der Waals surface area contributed by atoms with Crippen LogP contribution in [-0.2, 0) is 9.53 Å². The van der Waals surface area contributed by atoms with Gasteiger partial charge in [0.15, 0.2) is 0 Å². The molecule has 22 heavy (non-hydrogen) atoms. The van der Waals surface area contributed by atoms with Crippen molar-refractivity contribution in [1.82, 2.24) is 10.2 Å². The molecule has 0 aromatic carbocycles. The highest BCUT2D eigenvalue weighted by molar-refractivity contribution is 5.80. The number of fused-ring (bicyclic) bond motifs is 1. The van der Waals surface area contributed by atoms with Crippen molar-refractivity contribution in [3.63, 3.8) is 0 Å². The van der Waals surface area contributed by atoms with Crippen molar-refractivity contribution >= 4 is 12.0 Å². The predicted octanol–water partition coefficient (Wildman–Crippen LogP) is 1.70. The smallest absolute Gasteiger partial charge is 0.317 e. The Labute approximate surface area is 131 Å². The molecule has 6 nitrogen and oxygen atoms in total. The Hall–Kier alpha value is -1.30. The normalized spacial score (nSPS) is 33.4. The number of likely N-dealkylation sites (tertiary alicyclic amines) is 1. The molecule has 0 bridgehead atoms. The van der Waals surface area contributed by atoms with E-state index in [0.717, 1.165) is 25.7 Å². The fraction of sp³-hybridized carbons (Fsp3) is 0.875. The highest BCUT2D eigenvalue weighted by Crippen LogP contribution is 2.49. The van der Waals surface area contributed by atoms with Crippen LogP contribution in [0.25, 0.3) is 0 Å². The zero-order valence-electron chi connectivity index (χ0n) is 13.4. The molecule has 1 saturated heterocycles. The van der Waals surface area contributed by atoms with Crippen LogP contribution in [0.15, 0.2) is 0 Å². The van der Waals surface area contributed by atoms with E-state index in [1.165, 1.54) is 0 Å². The van der Waals surface area contributed by atoms with Crippen LogP contribution in [0.4, 0.5) is 4.79 Å². The Morgan fingerprint density at radius 2 is 2.14 bits per heavy atom. The minimum Gasteiger partial charge on any atom is -0.481 e. The van der Waals surface area contributed by atoms with Gasteiger partial charge in [-0.25, -0.2) is 4.79 Å². The third-order valence-electron chi connectivity index (χ3n) is 6.08. The molecular weight excluding hydrogens is 284 g/mol. The number of hydrogen-bond acceptors (Lipinski definition) is 3. The average Bonchev–Trinajstić information content (AvgIpc) is 3.16. The zero-order chi connectivity index (χ0) is 16.0. The van der Waals surface area contributed by atoms with Gasteiger partial charge in [0.1, 0.15) is 0 Å². The van der Waals surface area contributed by atoms with E-state index in [-0.39, 0.29) is 17.6 Å². The van der Waals surface area contributed by atoms with Gasteiger partial charge in [-0.05, 0) is 44.4 Å². The lowest BCUT2D eigenvalue weighted by Gasteiger charge is -2.30. The summed E-state index contributed by atoms with van der Waals surface area (Å²) in [6.45, 7) is 3.41. The molecule has 1 unspecified atom stereocenters. The van der Waals surface area contributed by atoms with Crippen LogP contribution in [0.1, 0.15) is 39.0 Å². The second-order valence-corrected chi connectivity index (χ2v) is 7.38. The van der Waals surface area contributed by atoms with E-state index in [9.17, 15) is 14.7 Å². The van der Waals surface area contributed by atoms with Crippen LogP contribution >= 0.6 is 0 Å². The summed E-state index contributed by atoms with van der Waals surface area (Å²) >= 11 is 0. The molecule has 6 heteroatoms. The molecule has 0 radical (unpaired) electrons. The van der Waals surface area contributed by atoms with Gasteiger partial charge in [0.2, 0.25) is 0 Å². The third-order valence-corrected chi connectivity index (χ3v) is 6.08. The molecule has 2 N–H and O–H groups in total. The van der Waals surface area contributed by atoms with Gasteiger partial charge < -0.3 is 20.1 Å². The lowest BCUT2D eigenvalue weighted by atomic mass is 9.81. The van der Waals surface area contributed by atoms with Gasteiger partial charge in [-0.2, -0.15) is 0 Å². The quantitative estimate of drug-likeness (QED) is 0.810. The molecule has 1 heterocycles. The summed E-state index contributed by atoms with van der Waals surface area (Å²) in [6, 6.07) is -0.154. The molecule has 0 aromatic rings. The van der Waals surface area contributed by atoms with E-state index >= 15 is 0 Å². The summed E-state index contributed by atoms with van der Waals surface area (Å²) < 4.78 is 5.58. The number of ether oxygens (including phenoxy) is 1. The standard InChI is InChI=1S/C16H26N2O4/c1-15(22-2,11-5-6-11)9-17-14(21)18-8-12-4-3-7-16(12,10-18)13(19)20/h11-12H,3-10H2,1-2H3,(H,17,21)(H,19,20)/t12-,15?,16+/m0/s1. The van der Waals surface area contributed by atoms with E-state index in [0.29, 0.717) is 32.0 Å². The zero-order valence-corrected chi connectivity index (χ0v) is 13.4. The number of aliphatic carboxylic acids is 1. The van der Waals surface area contributed by atoms with Gasteiger partial charge in [0.05, 0.1) is 11.0 Å². The van der Waals surface area contributed by atoms with Crippen molar-refractivity contribution in [3.05, 3.63) is 0 Å². The molecule has 3 atom stereocenters. The number of carboxylic acids is 1. The SMILES string of the molecule is COC(C)(CNC(=O)N1C[C@@H]2CCC[C@@]2(C(=O)O)C1)C1CC1. The number of urea groups is 1. The predicted molar refractivity (Wildman–Crippen MR) is 80.5 cm³/mol. The van der Waals surface area contributed by atoms with E-state index < -0.39 is 11.4 Å². The minimum atomic E-state index is -0.745. The number of carbonyl (C=O) groups is 2. The molecular formula is C16H26N2O4. The number of nitrogens with one attached hydrogen (secondary N) is 1. The Kier molecular flexibility index (Phi) is 3.83. The summed E-state index contributed by atoms with van der Waals surface area (Å²) in [7, 11) is 1.68. The van der Waals surface area contributed by atoms with Crippen LogP contribution in [0, 0.1) is 17.3 Å². The number of carboxylic acid groups (broad SMARTS) is 1. The van der Waals surface area contributed by atoms with Crippen molar-refractivity contribution in [2.24, 2.45) is 17.3 Å². The highest BCUT2D eigenvalue weighted by Gasteiger charge is 2.56. The lowest BCUT2D eigenvalue weighted by molar-refractivity contribution is -0.149. The highest BCUT2D eigenvalue weighted by atomic mass is 16.5. The van der Waals surface area contributed by atoms with Gasteiger partial charge >= 0.3 is 12.0 Å². The monoisotopic (exact) mass is 310 g/mol. The molecule has 2 aliphatic carbocycles. The summed E-state index contributed by atoms with van der Waals surface area (Å²) in [5, 5.41) is 12.5. The number of methoxy groups -OCH3 is 1. The molecule has 124 valence electrons. The molecule has 0 aromatic heterocycles. The van der Waals surface area contributed by atoms with E-state index in [1.807, 2.05) is 6.92 Å². The van der Waals surface area contributed by atoms with Gasteiger partial charge in [0.25, 0.3) is 0 Å². The first-order valence-corrected chi connectivity index (χ1v) is 8.22. The van der Waals surface area contributed by atoms with E-state index in [2.05, 4.69) is 5.32 Å². The van der Waals surface area contributed by atoms with Crippen LogP contribution in [0.5, 0.6) is 0 Å². The first kappa shape index (κ1) is 15.6. The van der Waals surface area contributed by atoms with E-state index in [1.54, 1.807) is 12.0 Å². The second kappa shape index (κ2) is 5.41. The van der Waals surface area contributed by atoms with Gasteiger partial charge in [-0.3, -0.25) is 4.79 Å². The molecule has 0 spiro atoms. The Morgan fingerprint density at radius 1 is 1.41 bits per heavy atom. The van der Waals surface area contributed by atoms with Crippen molar-refractivity contribution < 1.29 is 19.4 Å². The maximum Gasteiger partial charge on any atom is 0.317 e. The van der Waals surface area contributed by atoms with E-state index in [4.69, 9.17) is 4.74 Å². The van der Waals surface area contributed by atoms with Crippen LogP contribution in [0.2, 0.25) is 0 Å². The number of hydrogen-bond donors (Lipinski definition) is 2. The Bertz CT molecular complexity index is 479. The first-order chi connectivity index (χ1) is 10.4. The molecule has 3 fully saturated rings. The Morgan fingerprint density at radius 3 is 2.68 bits per heavy atom. The average molecular weight is 310 g/mol. The minimum absolute atomic E-state index is 0.105. The lowest BCUT2D eigenvalue weighted by Crippen LogP contribution is -2.48. The van der Waals surface area contributed by atoms with Crippen LogP contribution < -0.4 is 5.32 Å². The van der Waals surface area contributed by atoms with Gasteiger partial charge in [-0.15, -0.1) is 0 Å². The maximum absolute atomic E-state index is 12.4. The first-order valence-electron chi connectivity index (χ1n) is 8.22. The van der Waals surface area contributed by atoms with Gasteiger partial charge in [-0.1, -0.05) is 6.42 Å². The molecule has 3 rings (SSSR count). The summed E-state index contributed by atoms with van der Waals surface area (Å²) in [5.74, 6) is -0.126. The van der Waals surface area contributed by atoms with Crippen LogP contribution in [0.3, 0.4) is 0 Å². The number of nitrogens with zero attached hydrogens (tertiary/aromatic N) is 1. The summed E-state index contributed by atoms with van der Waals surface area (Å²) in [6.07, 6.45) is 4.85. The van der Waals surface area contributed by atoms with Crippen LogP contribution in [-0.4, -0.2) is 54.4 Å². The van der Waals surface area contributed by atoms with Crippen molar-refractivity contribution in [2.45, 2.75) is 44.6 Å². The molecule has 2 amide bonds. The van der Waals surface area contributed by atoms with Crippen molar-refractivity contribution in [1.29, 1.82) is 0 Å². The largest absolute Gasteiger partial charge is 0.481 e. The third kappa shape index (κ3) is 2.47. The molecule has 1 aliphatic heterocycles. The Balaban J connectivity index is 1.59. The maximum atomic E-state index is 12.4. The topological polar surface area (TPSA) is 78.9 Å².